The minimum Gasteiger partial charge on any atom is -0.336 e. The number of nitrogens with one attached hydrogen (secondary N) is 1. The lowest BCUT2D eigenvalue weighted by molar-refractivity contribution is 0.102. The Balaban J connectivity index is 1.86. The van der Waals surface area contributed by atoms with Gasteiger partial charge in [0, 0.05) is 35.5 Å². The summed E-state index contributed by atoms with van der Waals surface area (Å²) in [6.07, 6.45) is 3.49. The van der Waals surface area contributed by atoms with E-state index in [9.17, 15) is 4.79 Å². The highest BCUT2D eigenvalue weighted by molar-refractivity contribution is 6.30. The van der Waals surface area contributed by atoms with E-state index in [0.717, 1.165) is 11.0 Å². The van der Waals surface area contributed by atoms with Gasteiger partial charge in [0.1, 0.15) is 5.65 Å². The van der Waals surface area contributed by atoms with Crippen LogP contribution >= 0.6 is 11.6 Å². The molecule has 1 amide bonds. The largest absolute Gasteiger partial charge is 0.336 e. The summed E-state index contributed by atoms with van der Waals surface area (Å²) in [5.41, 5.74) is 2.08. The zero-order valence-corrected chi connectivity index (χ0v) is 11.6. The Hall–Kier alpha value is -2.33. The normalized spacial score (nSPS) is 10.7. The van der Waals surface area contributed by atoms with Gasteiger partial charge in [-0.05, 0) is 36.4 Å². The number of rotatable bonds is 2. The monoisotopic (exact) mass is 285 g/mol. The van der Waals surface area contributed by atoms with Gasteiger partial charge >= 0.3 is 0 Å². The van der Waals surface area contributed by atoms with Gasteiger partial charge in [-0.25, -0.2) is 4.98 Å². The van der Waals surface area contributed by atoms with E-state index in [1.165, 1.54) is 0 Å². The number of halogens is 1. The number of pyridine rings is 1. The number of nitrogens with zero attached hydrogens (tertiary/aromatic N) is 2. The second-order valence-electron chi connectivity index (χ2n) is 4.52. The highest BCUT2D eigenvalue weighted by Gasteiger charge is 2.09. The van der Waals surface area contributed by atoms with Crippen molar-refractivity contribution in [1.82, 2.24) is 9.55 Å². The topological polar surface area (TPSA) is 46.9 Å². The van der Waals surface area contributed by atoms with Crippen LogP contribution in [0.15, 0.2) is 48.8 Å². The molecule has 0 radical (unpaired) electrons. The molecule has 0 fully saturated rings. The van der Waals surface area contributed by atoms with Gasteiger partial charge in [-0.1, -0.05) is 11.6 Å². The van der Waals surface area contributed by atoms with Crippen LogP contribution < -0.4 is 5.32 Å². The van der Waals surface area contributed by atoms with Crippen LogP contribution in [0.2, 0.25) is 5.02 Å². The SMILES string of the molecule is Cn1ccc2cc(C(=O)Nc3ccc(Cl)cc3)cnc21. The Labute approximate surface area is 121 Å². The molecule has 0 bridgehead atoms. The van der Waals surface area contributed by atoms with Crippen LogP contribution in [0.4, 0.5) is 5.69 Å². The molecule has 0 aliphatic carbocycles. The first kappa shape index (κ1) is 12.7. The summed E-state index contributed by atoms with van der Waals surface area (Å²) in [4.78, 5) is 16.5. The van der Waals surface area contributed by atoms with Crippen molar-refractivity contribution in [2.75, 3.05) is 5.32 Å². The van der Waals surface area contributed by atoms with E-state index in [1.807, 2.05) is 29.9 Å². The molecule has 0 spiro atoms. The molecule has 100 valence electrons. The first-order valence-corrected chi connectivity index (χ1v) is 6.49. The molecule has 2 aromatic heterocycles. The van der Waals surface area contributed by atoms with Crippen molar-refractivity contribution in [2.45, 2.75) is 0 Å². The molecule has 5 heteroatoms. The van der Waals surface area contributed by atoms with Crippen LogP contribution in [0, 0.1) is 0 Å². The van der Waals surface area contributed by atoms with E-state index < -0.39 is 0 Å². The van der Waals surface area contributed by atoms with Crippen molar-refractivity contribution in [2.24, 2.45) is 7.05 Å². The van der Waals surface area contributed by atoms with Crippen molar-refractivity contribution >= 4 is 34.2 Å². The number of hydrogen-bond acceptors (Lipinski definition) is 2. The van der Waals surface area contributed by atoms with Gasteiger partial charge in [0.15, 0.2) is 0 Å². The quantitative estimate of drug-likeness (QED) is 0.783. The summed E-state index contributed by atoms with van der Waals surface area (Å²) < 4.78 is 1.91. The molecular formula is C15H12ClN3O. The summed E-state index contributed by atoms with van der Waals surface area (Å²) in [5, 5.41) is 4.39. The number of carbonyl (C=O) groups excluding carboxylic acids is 1. The Morgan fingerprint density at radius 3 is 2.75 bits per heavy atom. The van der Waals surface area contributed by atoms with Crippen LogP contribution in [0.3, 0.4) is 0 Å². The van der Waals surface area contributed by atoms with Gasteiger partial charge in [0.05, 0.1) is 5.56 Å². The number of aromatic nitrogens is 2. The number of amides is 1. The first-order valence-electron chi connectivity index (χ1n) is 6.11. The van der Waals surface area contributed by atoms with E-state index >= 15 is 0 Å². The maximum atomic E-state index is 12.2. The molecule has 0 atom stereocenters. The van der Waals surface area contributed by atoms with Gasteiger partial charge in [-0.15, -0.1) is 0 Å². The third-order valence-electron chi connectivity index (χ3n) is 3.07. The lowest BCUT2D eigenvalue weighted by Gasteiger charge is -2.05. The predicted octanol–water partition coefficient (Wildman–Crippen LogP) is 3.48. The van der Waals surface area contributed by atoms with Gasteiger partial charge in [-0.2, -0.15) is 0 Å². The predicted molar refractivity (Wildman–Crippen MR) is 80.1 cm³/mol. The number of aryl methyl sites for hydroxylation is 1. The average molecular weight is 286 g/mol. The standard InChI is InChI=1S/C15H12ClN3O/c1-19-7-6-10-8-11(9-17-14(10)19)15(20)18-13-4-2-12(16)3-5-13/h2-9H,1H3,(H,18,20). The smallest absolute Gasteiger partial charge is 0.257 e. The van der Waals surface area contributed by atoms with Crippen molar-refractivity contribution in [3.05, 3.63) is 59.4 Å². The molecule has 3 aromatic rings. The molecule has 1 N–H and O–H groups in total. The van der Waals surface area contributed by atoms with Crippen molar-refractivity contribution < 1.29 is 4.79 Å². The zero-order valence-electron chi connectivity index (χ0n) is 10.8. The number of hydrogen-bond donors (Lipinski definition) is 1. The fourth-order valence-corrected chi connectivity index (χ4v) is 2.14. The zero-order chi connectivity index (χ0) is 14.1. The number of benzene rings is 1. The lowest BCUT2D eigenvalue weighted by Crippen LogP contribution is -2.12. The highest BCUT2D eigenvalue weighted by Crippen LogP contribution is 2.17. The van der Waals surface area contributed by atoms with Crippen molar-refractivity contribution in [1.29, 1.82) is 0 Å². The summed E-state index contributed by atoms with van der Waals surface area (Å²) in [6.45, 7) is 0. The van der Waals surface area contributed by atoms with E-state index in [1.54, 1.807) is 30.5 Å². The van der Waals surface area contributed by atoms with E-state index in [2.05, 4.69) is 10.3 Å². The molecule has 4 nitrogen and oxygen atoms in total. The third kappa shape index (κ3) is 2.38. The summed E-state index contributed by atoms with van der Waals surface area (Å²) in [6, 6.07) is 10.7. The van der Waals surface area contributed by atoms with Crippen molar-refractivity contribution in [3.8, 4) is 0 Å². The molecule has 0 aliphatic rings. The number of carbonyl (C=O) groups is 1. The van der Waals surface area contributed by atoms with Crippen LogP contribution in [0.1, 0.15) is 10.4 Å². The molecule has 0 saturated carbocycles. The number of fused-ring (bicyclic) bond motifs is 1. The van der Waals surface area contributed by atoms with Crippen LogP contribution in [-0.4, -0.2) is 15.5 Å². The Bertz CT molecular complexity index is 777. The van der Waals surface area contributed by atoms with Gasteiger partial charge < -0.3 is 9.88 Å². The number of anilines is 1. The van der Waals surface area contributed by atoms with E-state index in [-0.39, 0.29) is 5.91 Å². The fourth-order valence-electron chi connectivity index (χ4n) is 2.02. The van der Waals surface area contributed by atoms with Gasteiger partial charge in [0.2, 0.25) is 0 Å². The maximum absolute atomic E-state index is 12.2. The van der Waals surface area contributed by atoms with Crippen molar-refractivity contribution in [3.63, 3.8) is 0 Å². The van der Waals surface area contributed by atoms with Gasteiger partial charge in [0.25, 0.3) is 5.91 Å². The molecule has 20 heavy (non-hydrogen) atoms. The molecular weight excluding hydrogens is 274 g/mol. The fraction of sp³-hybridized carbons (Fsp3) is 0.0667. The average Bonchev–Trinajstić information content (AvgIpc) is 2.82. The molecule has 2 heterocycles. The van der Waals surface area contributed by atoms with Crippen LogP contribution in [0.5, 0.6) is 0 Å². The lowest BCUT2D eigenvalue weighted by atomic mass is 10.2. The highest BCUT2D eigenvalue weighted by atomic mass is 35.5. The molecule has 1 aromatic carbocycles. The maximum Gasteiger partial charge on any atom is 0.257 e. The van der Waals surface area contributed by atoms with E-state index in [4.69, 9.17) is 11.6 Å². The Kier molecular flexibility index (Phi) is 3.16. The molecule has 0 saturated heterocycles. The van der Waals surface area contributed by atoms with Crippen LogP contribution in [-0.2, 0) is 7.05 Å². The minimum absolute atomic E-state index is 0.189. The summed E-state index contributed by atoms with van der Waals surface area (Å²) in [7, 11) is 1.92. The molecule has 0 aliphatic heterocycles. The second-order valence-corrected chi connectivity index (χ2v) is 4.96. The molecule has 3 rings (SSSR count). The summed E-state index contributed by atoms with van der Waals surface area (Å²) >= 11 is 5.81. The van der Waals surface area contributed by atoms with Crippen LogP contribution in [0.25, 0.3) is 11.0 Å². The Morgan fingerprint density at radius 2 is 2.00 bits per heavy atom. The van der Waals surface area contributed by atoms with E-state index in [0.29, 0.717) is 16.3 Å². The third-order valence-corrected chi connectivity index (χ3v) is 3.32. The Morgan fingerprint density at radius 1 is 1.25 bits per heavy atom. The van der Waals surface area contributed by atoms with Gasteiger partial charge in [-0.3, -0.25) is 4.79 Å². The minimum atomic E-state index is -0.189. The second kappa shape index (κ2) is 4.98. The first-order chi connectivity index (χ1) is 9.63. The molecule has 0 unspecified atom stereocenters. The summed E-state index contributed by atoms with van der Waals surface area (Å²) in [5.74, 6) is -0.189.